The third-order valence-electron chi connectivity index (χ3n) is 11.2. The van der Waals surface area contributed by atoms with Crippen molar-refractivity contribution < 1.29 is 41.9 Å². The van der Waals surface area contributed by atoms with Crippen LogP contribution in [0.5, 0.6) is 0 Å². The van der Waals surface area contributed by atoms with Gasteiger partial charge in [0.2, 0.25) is 0 Å². The first kappa shape index (κ1) is 39.3. The van der Waals surface area contributed by atoms with Crippen molar-refractivity contribution in [2.75, 3.05) is 0 Å². The molecule has 2 atom stereocenters. The van der Waals surface area contributed by atoms with Crippen molar-refractivity contribution in [1.82, 2.24) is 0 Å². The van der Waals surface area contributed by atoms with E-state index in [4.69, 9.17) is 17.0 Å². The molecule has 52 heavy (non-hydrogen) atoms. The zero-order chi connectivity index (χ0) is 37.7. The molecule has 275 valence electrons. The summed E-state index contributed by atoms with van der Waals surface area (Å²) in [6.45, 7) is 8.60. The molecule has 0 nitrogen and oxygen atoms in total. The predicted octanol–water partition coefficient (Wildman–Crippen LogP) is 15.0. The molecular formula is C42H43Cl2F6SiZr. The van der Waals surface area contributed by atoms with E-state index >= 15 is 0 Å². The molecule has 6 rings (SSSR count). The van der Waals surface area contributed by atoms with E-state index in [-0.39, 0.29) is 18.4 Å². The van der Waals surface area contributed by atoms with Crippen LogP contribution in [0.2, 0.25) is 13.1 Å². The van der Waals surface area contributed by atoms with Gasteiger partial charge in [-0.1, -0.05) is 0 Å². The molecule has 10 heteroatoms. The van der Waals surface area contributed by atoms with Crippen molar-refractivity contribution >= 4 is 35.1 Å². The van der Waals surface area contributed by atoms with Gasteiger partial charge in [0.1, 0.15) is 0 Å². The van der Waals surface area contributed by atoms with E-state index < -0.39 is 45.0 Å². The van der Waals surface area contributed by atoms with Crippen molar-refractivity contribution in [3.8, 4) is 22.3 Å². The Balaban J connectivity index is 1.62. The summed E-state index contributed by atoms with van der Waals surface area (Å²) >= 11 is -5.38. The van der Waals surface area contributed by atoms with Crippen molar-refractivity contribution in [1.29, 1.82) is 0 Å². The van der Waals surface area contributed by atoms with Crippen LogP contribution in [0.1, 0.15) is 93.0 Å². The van der Waals surface area contributed by atoms with Gasteiger partial charge in [0.25, 0.3) is 0 Å². The van der Waals surface area contributed by atoms with Crippen LogP contribution in [-0.2, 0) is 27.9 Å². The normalized spacial score (nSPS) is 18.1. The fraction of sp³-hybridized carbons (Fsp3) is 0.333. The third-order valence-corrected chi connectivity index (χ3v) is 63.0. The van der Waals surface area contributed by atoms with E-state index in [0.29, 0.717) is 24.0 Å². The van der Waals surface area contributed by atoms with Gasteiger partial charge < -0.3 is 0 Å². The standard InChI is InChI=1S/2C20H18F3.C2H7Si.2ClH.Zr/c2*1-2-3-7-14-12-15-8-6-10-16(18(15)13-14)17-9-4-5-11-19(17)20(21,22)23;1-3-2;;;/h2*4-6,8-13H,2-3,7H2,1H3;3H,1-2H3;2*1H;/q;;;;;+2/p-2. The summed E-state index contributed by atoms with van der Waals surface area (Å²) in [5.74, 6) is -2.04. The quantitative estimate of drug-likeness (QED) is 0.104. The molecule has 2 unspecified atom stereocenters. The second kappa shape index (κ2) is 14.7. The Hall–Kier alpha value is -2.38. The minimum atomic E-state index is -5.38. The fourth-order valence-corrected chi connectivity index (χ4v) is 40.2. The number of rotatable bonds is 11. The summed E-state index contributed by atoms with van der Waals surface area (Å²) < 4.78 is 85.6. The van der Waals surface area contributed by atoms with Gasteiger partial charge in [-0.15, -0.1) is 0 Å². The fourth-order valence-electron chi connectivity index (χ4n) is 8.66. The zero-order valence-electron chi connectivity index (χ0n) is 29.7. The average Bonchev–Trinajstić information content (AvgIpc) is 3.68. The number of halogens is 8. The molecule has 0 N–H and O–H groups in total. The number of hydrogen-bond donors (Lipinski definition) is 0. The Bertz CT molecular complexity index is 1910. The Kier molecular flexibility index (Phi) is 11.1. The van der Waals surface area contributed by atoms with Crippen LogP contribution in [-0.4, -0.2) is 5.92 Å². The maximum atomic E-state index is 14.4. The van der Waals surface area contributed by atoms with Gasteiger partial charge in [-0.2, -0.15) is 0 Å². The summed E-state index contributed by atoms with van der Waals surface area (Å²) in [6.07, 6.45) is -0.0144. The van der Waals surface area contributed by atoms with Crippen molar-refractivity contribution in [2.45, 2.75) is 85.1 Å². The zero-order valence-corrected chi connectivity index (χ0v) is 34.9. The predicted molar refractivity (Wildman–Crippen MR) is 205 cm³/mol. The molecule has 0 saturated carbocycles. The summed E-state index contributed by atoms with van der Waals surface area (Å²) in [6, 6.07) is 22.5. The second-order valence-electron chi connectivity index (χ2n) is 14.6. The maximum absolute atomic E-state index is 14.4. The van der Waals surface area contributed by atoms with Crippen LogP contribution in [0.15, 0.2) is 96.1 Å². The number of hydrogen-bond acceptors (Lipinski definition) is 0. The number of benzene rings is 4. The van der Waals surface area contributed by atoms with Crippen LogP contribution >= 0.6 is 17.0 Å². The van der Waals surface area contributed by atoms with Crippen molar-refractivity contribution in [3.05, 3.63) is 129 Å². The van der Waals surface area contributed by atoms with Crippen LogP contribution in [0, 0.1) is 0 Å². The van der Waals surface area contributed by atoms with Gasteiger partial charge >= 0.3 is 314 Å². The monoisotopic (exact) mass is 849 g/mol. The van der Waals surface area contributed by atoms with E-state index in [1.165, 1.54) is 24.3 Å². The van der Waals surface area contributed by atoms with E-state index in [9.17, 15) is 26.3 Å². The first-order chi connectivity index (χ1) is 24.5. The van der Waals surface area contributed by atoms with Gasteiger partial charge in [0.15, 0.2) is 0 Å². The molecule has 0 heterocycles. The molecular weight excluding hydrogens is 809 g/mol. The molecule has 2 aliphatic carbocycles. The van der Waals surface area contributed by atoms with Crippen LogP contribution in [0.3, 0.4) is 0 Å². The van der Waals surface area contributed by atoms with Gasteiger partial charge in [0, 0.05) is 0 Å². The Morgan fingerprint density at radius 1 is 0.558 bits per heavy atom. The molecule has 4 aromatic carbocycles. The van der Waals surface area contributed by atoms with Crippen LogP contribution < -0.4 is 0 Å². The second-order valence-corrected chi connectivity index (χ2v) is 57.1. The Labute approximate surface area is 311 Å². The summed E-state index contributed by atoms with van der Waals surface area (Å²) in [5.41, 5.74) is 5.16. The summed E-state index contributed by atoms with van der Waals surface area (Å²) in [7, 11) is 17.1. The van der Waals surface area contributed by atoms with Gasteiger partial charge in [0.05, 0.1) is 0 Å². The molecule has 0 amide bonds. The average molecular weight is 852 g/mol. The van der Waals surface area contributed by atoms with E-state index in [1.54, 1.807) is 24.3 Å². The van der Waals surface area contributed by atoms with E-state index in [0.717, 1.165) is 71.2 Å². The molecule has 4 aromatic rings. The number of unbranched alkanes of at least 4 members (excludes halogenated alkanes) is 2. The van der Waals surface area contributed by atoms with E-state index in [1.807, 2.05) is 24.3 Å². The molecule has 0 bridgehead atoms. The molecule has 0 radical (unpaired) electrons. The molecule has 0 fully saturated rings. The Morgan fingerprint density at radius 3 is 1.27 bits per heavy atom. The van der Waals surface area contributed by atoms with Gasteiger partial charge in [-0.25, -0.2) is 0 Å². The topological polar surface area (TPSA) is 0 Å². The summed E-state index contributed by atoms with van der Waals surface area (Å²) in [5, 5.41) is 0. The van der Waals surface area contributed by atoms with Crippen LogP contribution in [0.4, 0.5) is 26.3 Å². The first-order valence-corrected chi connectivity index (χ1v) is 34.4. The third kappa shape index (κ3) is 6.77. The summed E-state index contributed by atoms with van der Waals surface area (Å²) in [4.78, 5) is 0. The number of fused-ring (bicyclic) bond motifs is 2. The number of allylic oxidation sites excluding steroid dienone is 2. The van der Waals surface area contributed by atoms with Gasteiger partial charge in [-0.05, 0) is 0 Å². The molecule has 0 aromatic heterocycles. The van der Waals surface area contributed by atoms with E-state index in [2.05, 4.69) is 39.1 Å². The Morgan fingerprint density at radius 2 is 0.923 bits per heavy atom. The van der Waals surface area contributed by atoms with Crippen LogP contribution in [0.25, 0.3) is 34.4 Å². The number of alkyl halides is 6. The molecule has 0 spiro atoms. The molecule has 2 aliphatic rings. The molecule has 0 aliphatic heterocycles. The first-order valence-electron chi connectivity index (χ1n) is 18.1. The molecule has 0 saturated heterocycles. The SMILES string of the molecule is CCCCC1=Cc2c(-c3ccccc3C(F)(F)F)cccc2[CH]1[Zr]([Cl])([Cl])([CH]1C(CCCC)=Cc2c(-c3ccccc3C(F)(F)F)cccc21)[SiH](C)C. The van der Waals surface area contributed by atoms with Crippen molar-refractivity contribution in [2.24, 2.45) is 0 Å². The van der Waals surface area contributed by atoms with Gasteiger partial charge in [-0.3, -0.25) is 0 Å². The van der Waals surface area contributed by atoms with Crippen molar-refractivity contribution in [3.63, 3.8) is 0 Å². The minimum absolute atomic E-state index is 0.113.